The quantitative estimate of drug-likeness (QED) is 0.534. The van der Waals surface area contributed by atoms with E-state index in [0.29, 0.717) is 24.4 Å². The van der Waals surface area contributed by atoms with Crippen LogP contribution in [0.4, 0.5) is 5.69 Å². The summed E-state index contributed by atoms with van der Waals surface area (Å²) in [5.74, 6) is 1.14. The molecule has 1 aromatic heterocycles. The van der Waals surface area contributed by atoms with Gasteiger partial charge in [0.15, 0.2) is 6.10 Å². The van der Waals surface area contributed by atoms with Crippen molar-refractivity contribution in [3.63, 3.8) is 0 Å². The summed E-state index contributed by atoms with van der Waals surface area (Å²) in [5.41, 5.74) is 2.44. The lowest BCUT2D eigenvalue weighted by atomic mass is 10.1. The molecule has 0 aliphatic heterocycles. The largest absolute Gasteiger partial charge is 0.481 e. The van der Waals surface area contributed by atoms with Crippen LogP contribution in [-0.4, -0.2) is 43.3 Å². The number of carbonyl (C=O) groups excluding carboxylic acids is 1. The van der Waals surface area contributed by atoms with Gasteiger partial charge >= 0.3 is 0 Å². The smallest absolute Gasteiger partial charge is 0.261 e. The zero-order valence-electron chi connectivity index (χ0n) is 18.6. The Kier molecular flexibility index (Phi) is 7.19. The van der Waals surface area contributed by atoms with Gasteiger partial charge in [-0.1, -0.05) is 25.1 Å². The van der Waals surface area contributed by atoms with Gasteiger partial charge in [0.1, 0.15) is 11.6 Å². The molecule has 3 aromatic rings. The number of carbonyl (C=O) groups is 1. The first-order valence-electron chi connectivity index (χ1n) is 10.3. The molecule has 3 rings (SSSR count). The summed E-state index contributed by atoms with van der Waals surface area (Å²) in [6.07, 6.45) is 4.58. The summed E-state index contributed by atoms with van der Waals surface area (Å²) in [7, 11) is -1.86. The van der Waals surface area contributed by atoms with E-state index in [1.54, 1.807) is 30.5 Å². The first-order chi connectivity index (χ1) is 15.2. The molecule has 170 valence electrons. The normalized spacial score (nSPS) is 12.2. The van der Waals surface area contributed by atoms with Crippen molar-refractivity contribution in [1.82, 2.24) is 14.9 Å². The fourth-order valence-corrected chi connectivity index (χ4v) is 3.74. The number of hydrogen-bond donors (Lipinski definition) is 1. The summed E-state index contributed by atoms with van der Waals surface area (Å²) in [4.78, 5) is 17.0. The fourth-order valence-electron chi connectivity index (χ4n) is 3.24. The van der Waals surface area contributed by atoms with Gasteiger partial charge in [-0.25, -0.2) is 13.4 Å². The maximum absolute atomic E-state index is 12.8. The summed E-state index contributed by atoms with van der Waals surface area (Å²) >= 11 is 0. The molecule has 9 heteroatoms. The minimum Gasteiger partial charge on any atom is -0.481 e. The van der Waals surface area contributed by atoms with Crippen molar-refractivity contribution in [3.8, 4) is 11.4 Å². The molecule has 0 saturated heterocycles. The highest BCUT2D eigenvalue weighted by atomic mass is 32.2. The number of amides is 1. The van der Waals surface area contributed by atoms with Gasteiger partial charge in [0.05, 0.1) is 17.6 Å². The van der Waals surface area contributed by atoms with Crippen molar-refractivity contribution in [2.75, 3.05) is 17.6 Å². The molecule has 0 aliphatic carbocycles. The Labute approximate surface area is 188 Å². The monoisotopic (exact) mass is 456 g/mol. The Morgan fingerprint density at radius 3 is 2.47 bits per heavy atom. The molecule has 0 bridgehead atoms. The third-order valence-electron chi connectivity index (χ3n) is 5.17. The van der Waals surface area contributed by atoms with Crippen molar-refractivity contribution in [2.45, 2.75) is 32.9 Å². The molecular formula is C23H28N4O4S. The molecule has 1 N–H and O–H groups in total. The summed E-state index contributed by atoms with van der Waals surface area (Å²) in [6.45, 7) is 4.15. The zero-order chi connectivity index (χ0) is 23.3. The van der Waals surface area contributed by atoms with Gasteiger partial charge in [0, 0.05) is 26.0 Å². The van der Waals surface area contributed by atoms with Crippen LogP contribution in [0.3, 0.4) is 0 Å². The van der Waals surface area contributed by atoms with E-state index >= 15 is 0 Å². The van der Waals surface area contributed by atoms with E-state index in [9.17, 15) is 13.2 Å². The Morgan fingerprint density at radius 2 is 1.88 bits per heavy atom. The third kappa shape index (κ3) is 5.47. The Balaban J connectivity index is 1.66. The number of imidazole rings is 1. The summed E-state index contributed by atoms with van der Waals surface area (Å²) in [5, 5.41) is 2.96. The molecule has 2 aromatic carbocycles. The summed E-state index contributed by atoms with van der Waals surface area (Å²) in [6, 6.07) is 14.4. The van der Waals surface area contributed by atoms with Crippen LogP contribution >= 0.6 is 0 Å². The Bertz CT molecular complexity index is 1170. The predicted molar refractivity (Wildman–Crippen MR) is 125 cm³/mol. The van der Waals surface area contributed by atoms with Crippen LogP contribution in [0.1, 0.15) is 24.7 Å². The lowest BCUT2D eigenvalue weighted by Crippen LogP contribution is -2.37. The number of ether oxygens (including phenoxy) is 1. The lowest BCUT2D eigenvalue weighted by Gasteiger charge is -2.20. The van der Waals surface area contributed by atoms with E-state index in [1.807, 2.05) is 48.9 Å². The molecule has 32 heavy (non-hydrogen) atoms. The van der Waals surface area contributed by atoms with Gasteiger partial charge < -0.3 is 14.6 Å². The van der Waals surface area contributed by atoms with E-state index in [1.165, 1.54) is 11.4 Å². The number of nitrogens with zero attached hydrogens (tertiary/aromatic N) is 3. The molecule has 0 radical (unpaired) electrons. The molecule has 1 atom stereocenters. The Hall–Kier alpha value is -3.33. The molecule has 0 unspecified atom stereocenters. The van der Waals surface area contributed by atoms with Gasteiger partial charge in [0.25, 0.3) is 5.91 Å². The second kappa shape index (κ2) is 9.86. The number of hydrogen-bond acceptors (Lipinski definition) is 5. The van der Waals surface area contributed by atoms with Crippen molar-refractivity contribution in [3.05, 3.63) is 72.3 Å². The summed E-state index contributed by atoms with van der Waals surface area (Å²) < 4.78 is 32.4. The van der Waals surface area contributed by atoms with Gasteiger partial charge in [-0.15, -0.1) is 0 Å². The number of aromatic nitrogens is 2. The average molecular weight is 457 g/mol. The van der Waals surface area contributed by atoms with Gasteiger partial charge in [0.2, 0.25) is 10.0 Å². The second-order valence-corrected chi connectivity index (χ2v) is 9.44. The molecule has 1 heterocycles. The number of benzene rings is 2. The van der Waals surface area contributed by atoms with Crippen LogP contribution in [0.5, 0.6) is 5.75 Å². The molecule has 0 aliphatic rings. The van der Waals surface area contributed by atoms with Crippen molar-refractivity contribution >= 4 is 21.6 Å². The molecule has 0 spiro atoms. The van der Waals surface area contributed by atoms with Crippen LogP contribution in [0, 0.1) is 6.92 Å². The van der Waals surface area contributed by atoms with Gasteiger partial charge in [-0.3, -0.25) is 9.10 Å². The second-order valence-electron chi connectivity index (χ2n) is 7.43. The molecule has 8 nitrogen and oxygen atoms in total. The SMILES string of the molecule is CC[C@H](Oc1ccc(N(C)S(C)(=O)=O)cc1)C(=O)NCc1ccccc1-n1ccnc1C. The first kappa shape index (κ1) is 23.3. The highest BCUT2D eigenvalue weighted by molar-refractivity contribution is 7.92. The van der Waals surface area contributed by atoms with Crippen LogP contribution in [0.25, 0.3) is 5.69 Å². The molecule has 1 amide bonds. The lowest BCUT2D eigenvalue weighted by molar-refractivity contribution is -0.128. The minimum absolute atomic E-state index is 0.220. The van der Waals surface area contributed by atoms with E-state index in [0.717, 1.165) is 23.3 Å². The zero-order valence-corrected chi connectivity index (χ0v) is 19.5. The highest BCUT2D eigenvalue weighted by Gasteiger charge is 2.19. The number of rotatable bonds is 9. The van der Waals surface area contributed by atoms with Gasteiger partial charge in [-0.2, -0.15) is 0 Å². The highest BCUT2D eigenvalue weighted by Crippen LogP contribution is 2.22. The van der Waals surface area contributed by atoms with Crippen molar-refractivity contribution < 1.29 is 17.9 Å². The maximum atomic E-state index is 12.8. The maximum Gasteiger partial charge on any atom is 0.261 e. The number of sulfonamides is 1. The van der Waals surface area contributed by atoms with Crippen molar-refractivity contribution in [2.24, 2.45) is 0 Å². The van der Waals surface area contributed by atoms with Crippen LogP contribution in [-0.2, 0) is 21.4 Å². The van der Waals surface area contributed by atoms with Crippen LogP contribution in [0.15, 0.2) is 60.9 Å². The van der Waals surface area contributed by atoms with Crippen LogP contribution in [0.2, 0.25) is 0 Å². The van der Waals surface area contributed by atoms with Gasteiger partial charge in [-0.05, 0) is 49.2 Å². The van der Waals surface area contributed by atoms with Crippen LogP contribution < -0.4 is 14.4 Å². The van der Waals surface area contributed by atoms with E-state index in [2.05, 4.69) is 10.3 Å². The number of nitrogens with one attached hydrogen (secondary N) is 1. The molecule has 0 fully saturated rings. The molecular weight excluding hydrogens is 428 g/mol. The predicted octanol–water partition coefficient (Wildman–Crippen LogP) is 3.05. The van der Waals surface area contributed by atoms with Crippen molar-refractivity contribution in [1.29, 1.82) is 0 Å². The number of para-hydroxylation sites is 1. The fraction of sp³-hybridized carbons (Fsp3) is 0.304. The number of aryl methyl sites for hydroxylation is 1. The standard InChI is InChI=1S/C23H28N4O4S/c1-5-22(31-20-12-10-19(11-13-20)26(3)32(4,29)30)23(28)25-16-18-8-6-7-9-21(18)27-15-14-24-17(27)2/h6-15,22H,5,16H2,1-4H3,(H,25,28)/t22-/m0/s1. The minimum atomic E-state index is -3.34. The Morgan fingerprint density at radius 1 is 1.19 bits per heavy atom. The average Bonchev–Trinajstić information content (AvgIpc) is 3.21. The van der Waals surface area contributed by atoms with E-state index in [4.69, 9.17) is 4.74 Å². The first-order valence-corrected chi connectivity index (χ1v) is 12.1. The van der Waals surface area contributed by atoms with E-state index < -0.39 is 16.1 Å². The third-order valence-corrected chi connectivity index (χ3v) is 6.38. The van der Waals surface area contributed by atoms with E-state index in [-0.39, 0.29) is 5.91 Å². The topological polar surface area (TPSA) is 93.5 Å². The number of anilines is 1. The molecule has 0 saturated carbocycles.